The first-order chi connectivity index (χ1) is 6.74. The minimum Gasteiger partial charge on any atom is -0.384 e. The molecule has 0 aromatic heterocycles. The first-order valence-electron chi connectivity index (χ1n) is 4.94. The highest BCUT2D eigenvalue weighted by atomic mass is 19.1. The molecule has 0 saturated carbocycles. The van der Waals surface area contributed by atoms with E-state index in [1.807, 2.05) is 20.0 Å². The van der Waals surface area contributed by atoms with Crippen LogP contribution in [0, 0.1) is 12.7 Å². The zero-order chi connectivity index (χ0) is 10.1. The van der Waals surface area contributed by atoms with Gasteiger partial charge in [-0.25, -0.2) is 4.39 Å². The minimum absolute atomic E-state index is 0.114. The number of aryl methyl sites for hydroxylation is 1. The third-order valence-electron chi connectivity index (χ3n) is 2.83. The number of benzene rings is 1. The molecule has 1 unspecified atom stereocenters. The summed E-state index contributed by atoms with van der Waals surface area (Å²) < 4.78 is 13.6. The van der Waals surface area contributed by atoms with Gasteiger partial charge in [0.2, 0.25) is 0 Å². The number of hydrogen-bond acceptors (Lipinski definition) is 2. The molecule has 1 aromatic carbocycles. The van der Waals surface area contributed by atoms with Crippen molar-refractivity contribution in [2.75, 3.05) is 18.9 Å². The standard InChI is InChI=1S/C11H15FN2/c1-7-3-4-8(12)10-9(13-2)5-6-14-11(7)10/h3-4,9,13-14H,5-6H2,1-2H3. The quantitative estimate of drug-likeness (QED) is 0.716. The van der Waals surface area contributed by atoms with E-state index in [1.54, 1.807) is 6.07 Å². The predicted octanol–water partition coefficient (Wildman–Crippen LogP) is 2.21. The van der Waals surface area contributed by atoms with Crippen LogP contribution in [0.5, 0.6) is 0 Å². The number of nitrogens with one attached hydrogen (secondary N) is 2. The molecule has 0 saturated heterocycles. The van der Waals surface area contributed by atoms with Crippen molar-refractivity contribution in [2.24, 2.45) is 0 Å². The lowest BCUT2D eigenvalue weighted by molar-refractivity contribution is 0.507. The van der Waals surface area contributed by atoms with Gasteiger partial charge in [0.25, 0.3) is 0 Å². The fourth-order valence-corrected chi connectivity index (χ4v) is 2.05. The second kappa shape index (κ2) is 3.58. The molecule has 0 fully saturated rings. The molecule has 1 heterocycles. The molecule has 2 rings (SSSR count). The number of fused-ring (bicyclic) bond motifs is 1. The summed E-state index contributed by atoms with van der Waals surface area (Å²) in [5, 5.41) is 6.40. The summed E-state index contributed by atoms with van der Waals surface area (Å²) in [6.07, 6.45) is 0.934. The molecule has 0 radical (unpaired) electrons. The van der Waals surface area contributed by atoms with Crippen molar-refractivity contribution < 1.29 is 4.39 Å². The van der Waals surface area contributed by atoms with Crippen LogP contribution in [-0.2, 0) is 0 Å². The second-order valence-electron chi connectivity index (χ2n) is 3.71. The fraction of sp³-hybridized carbons (Fsp3) is 0.455. The first-order valence-corrected chi connectivity index (χ1v) is 4.94. The van der Waals surface area contributed by atoms with Gasteiger partial charge in [-0.05, 0) is 32.0 Å². The Morgan fingerprint density at radius 3 is 3.00 bits per heavy atom. The van der Waals surface area contributed by atoms with Crippen molar-refractivity contribution in [3.8, 4) is 0 Å². The van der Waals surface area contributed by atoms with Crippen LogP contribution in [0.1, 0.15) is 23.6 Å². The van der Waals surface area contributed by atoms with E-state index >= 15 is 0 Å². The largest absolute Gasteiger partial charge is 0.384 e. The summed E-state index contributed by atoms with van der Waals surface area (Å²) >= 11 is 0. The smallest absolute Gasteiger partial charge is 0.130 e. The molecule has 0 spiro atoms. The zero-order valence-corrected chi connectivity index (χ0v) is 8.52. The van der Waals surface area contributed by atoms with E-state index in [2.05, 4.69) is 10.6 Å². The van der Waals surface area contributed by atoms with Crippen molar-refractivity contribution in [3.63, 3.8) is 0 Å². The highest BCUT2D eigenvalue weighted by Gasteiger charge is 2.23. The van der Waals surface area contributed by atoms with Gasteiger partial charge in [-0.15, -0.1) is 0 Å². The van der Waals surface area contributed by atoms with Gasteiger partial charge < -0.3 is 10.6 Å². The number of anilines is 1. The molecular weight excluding hydrogens is 179 g/mol. The van der Waals surface area contributed by atoms with Crippen LogP contribution in [-0.4, -0.2) is 13.6 Å². The average molecular weight is 194 g/mol. The Morgan fingerprint density at radius 1 is 1.50 bits per heavy atom. The molecule has 76 valence electrons. The van der Waals surface area contributed by atoms with Crippen LogP contribution < -0.4 is 10.6 Å². The van der Waals surface area contributed by atoms with Crippen LogP contribution in [0.2, 0.25) is 0 Å². The Bertz CT molecular complexity index is 349. The van der Waals surface area contributed by atoms with Crippen LogP contribution in [0.15, 0.2) is 12.1 Å². The van der Waals surface area contributed by atoms with Crippen LogP contribution >= 0.6 is 0 Å². The van der Waals surface area contributed by atoms with Gasteiger partial charge in [0.15, 0.2) is 0 Å². The summed E-state index contributed by atoms with van der Waals surface area (Å²) in [7, 11) is 1.88. The van der Waals surface area contributed by atoms with Gasteiger partial charge in [-0.3, -0.25) is 0 Å². The van der Waals surface area contributed by atoms with E-state index in [-0.39, 0.29) is 11.9 Å². The Labute approximate surface area is 83.5 Å². The maximum absolute atomic E-state index is 13.6. The lowest BCUT2D eigenvalue weighted by atomic mass is 9.95. The summed E-state index contributed by atoms with van der Waals surface area (Å²) in [5.41, 5.74) is 2.87. The van der Waals surface area contributed by atoms with E-state index < -0.39 is 0 Å². The molecule has 2 N–H and O–H groups in total. The monoisotopic (exact) mass is 194 g/mol. The third kappa shape index (κ3) is 1.38. The lowest BCUT2D eigenvalue weighted by Gasteiger charge is -2.28. The topological polar surface area (TPSA) is 24.1 Å². The zero-order valence-electron chi connectivity index (χ0n) is 8.52. The molecule has 0 amide bonds. The number of rotatable bonds is 1. The fourth-order valence-electron chi connectivity index (χ4n) is 2.05. The molecule has 1 atom stereocenters. The molecule has 2 nitrogen and oxygen atoms in total. The SMILES string of the molecule is CNC1CCNc2c(C)ccc(F)c21. The minimum atomic E-state index is -0.114. The Kier molecular flexibility index (Phi) is 2.42. The molecule has 1 aliphatic rings. The van der Waals surface area contributed by atoms with Crippen LogP contribution in [0.4, 0.5) is 10.1 Å². The molecule has 14 heavy (non-hydrogen) atoms. The predicted molar refractivity (Wildman–Crippen MR) is 56.0 cm³/mol. The Balaban J connectivity index is 2.55. The normalized spacial score (nSPS) is 20.1. The Morgan fingerprint density at radius 2 is 2.29 bits per heavy atom. The van der Waals surface area contributed by atoms with Crippen molar-refractivity contribution in [1.82, 2.24) is 5.32 Å². The molecule has 1 aromatic rings. The van der Waals surface area contributed by atoms with Crippen LogP contribution in [0.3, 0.4) is 0 Å². The van der Waals surface area contributed by atoms with Crippen molar-refractivity contribution in [2.45, 2.75) is 19.4 Å². The third-order valence-corrected chi connectivity index (χ3v) is 2.83. The molecule has 3 heteroatoms. The highest BCUT2D eigenvalue weighted by Crippen LogP contribution is 2.33. The lowest BCUT2D eigenvalue weighted by Crippen LogP contribution is -2.27. The maximum Gasteiger partial charge on any atom is 0.130 e. The van der Waals surface area contributed by atoms with E-state index in [4.69, 9.17) is 0 Å². The van der Waals surface area contributed by atoms with E-state index in [9.17, 15) is 4.39 Å². The van der Waals surface area contributed by atoms with Gasteiger partial charge in [-0.1, -0.05) is 6.07 Å². The first kappa shape index (κ1) is 9.46. The molecular formula is C11H15FN2. The number of hydrogen-bond donors (Lipinski definition) is 2. The average Bonchev–Trinajstić information content (AvgIpc) is 2.23. The van der Waals surface area contributed by atoms with Gasteiger partial charge in [0.05, 0.1) is 0 Å². The molecule has 0 aliphatic carbocycles. The van der Waals surface area contributed by atoms with Gasteiger partial charge >= 0.3 is 0 Å². The van der Waals surface area contributed by atoms with Crippen LogP contribution in [0.25, 0.3) is 0 Å². The van der Waals surface area contributed by atoms with E-state index in [0.29, 0.717) is 0 Å². The van der Waals surface area contributed by atoms with Crippen molar-refractivity contribution in [1.29, 1.82) is 0 Å². The van der Waals surface area contributed by atoms with Gasteiger partial charge in [-0.2, -0.15) is 0 Å². The summed E-state index contributed by atoms with van der Waals surface area (Å²) in [4.78, 5) is 0. The number of halogens is 1. The molecule has 1 aliphatic heterocycles. The summed E-state index contributed by atoms with van der Waals surface area (Å²) in [6.45, 7) is 2.91. The molecule has 0 bridgehead atoms. The van der Waals surface area contributed by atoms with Crippen molar-refractivity contribution in [3.05, 3.63) is 29.1 Å². The summed E-state index contributed by atoms with van der Waals surface area (Å²) in [5.74, 6) is -0.114. The summed E-state index contributed by atoms with van der Waals surface area (Å²) in [6, 6.07) is 3.51. The maximum atomic E-state index is 13.6. The van der Waals surface area contributed by atoms with Crippen molar-refractivity contribution >= 4 is 5.69 Å². The second-order valence-corrected chi connectivity index (χ2v) is 3.71. The van der Waals surface area contributed by atoms with Gasteiger partial charge in [0, 0.05) is 23.8 Å². The van der Waals surface area contributed by atoms with E-state index in [0.717, 1.165) is 29.8 Å². The highest BCUT2D eigenvalue weighted by molar-refractivity contribution is 5.60. The Hall–Kier alpha value is -1.09. The van der Waals surface area contributed by atoms with E-state index in [1.165, 1.54) is 0 Å². The van der Waals surface area contributed by atoms with Gasteiger partial charge in [0.1, 0.15) is 5.82 Å².